The molecule has 1 aromatic carbocycles. The van der Waals surface area contributed by atoms with Gasteiger partial charge in [0.2, 0.25) is 0 Å². The summed E-state index contributed by atoms with van der Waals surface area (Å²) in [4.78, 5) is 2.36. The van der Waals surface area contributed by atoms with Crippen molar-refractivity contribution in [1.82, 2.24) is 4.90 Å². The van der Waals surface area contributed by atoms with Gasteiger partial charge in [-0.3, -0.25) is 4.90 Å². The van der Waals surface area contributed by atoms with Crippen LogP contribution in [-0.4, -0.2) is 30.7 Å². The summed E-state index contributed by atoms with van der Waals surface area (Å²) in [5, 5.41) is 0.787. The van der Waals surface area contributed by atoms with Crippen LogP contribution in [0.2, 0.25) is 5.02 Å². The van der Waals surface area contributed by atoms with Crippen molar-refractivity contribution in [1.29, 1.82) is 0 Å². The van der Waals surface area contributed by atoms with Crippen LogP contribution in [0.3, 0.4) is 0 Å². The minimum absolute atomic E-state index is 0.379. The number of rotatable bonds is 5. The van der Waals surface area contributed by atoms with E-state index in [2.05, 4.69) is 11.8 Å². The first-order valence-corrected chi connectivity index (χ1v) is 6.94. The van der Waals surface area contributed by atoms with Crippen molar-refractivity contribution in [3.8, 4) is 0 Å². The van der Waals surface area contributed by atoms with Crippen molar-refractivity contribution in [2.75, 3.05) is 25.4 Å². The molecule has 0 saturated carbocycles. The molecule has 0 aliphatic carbocycles. The van der Waals surface area contributed by atoms with Crippen LogP contribution < -0.4 is 5.73 Å². The first-order valence-electron chi connectivity index (χ1n) is 6.57. The number of halogens is 1. The van der Waals surface area contributed by atoms with Crippen LogP contribution in [0.15, 0.2) is 18.2 Å². The molecule has 1 heterocycles. The molecule has 0 radical (unpaired) electrons. The van der Waals surface area contributed by atoms with Crippen molar-refractivity contribution >= 4 is 17.3 Å². The zero-order chi connectivity index (χ0) is 13.0. The Morgan fingerprint density at radius 1 is 1.50 bits per heavy atom. The van der Waals surface area contributed by atoms with Gasteiger partial charge in [-0.2, -0.15) is 0 Å². The molecule has 1 aliphatic heterocycles. The van der Waals surface area contributed by atoms with Gasteiger partial charge in [0.25, 0.3) is 0 Å². The fourth-order valence-electron chi connectivity index (χ4n) is 2.34. The van der Waals surface area contributed by atoms with E-state index in [0.717, 1.165) is 42.5 Å². The third kappa shape index (κ3) is 3.61. The number of likely N-dealkylation sites (N-methyl/N-ethyl adjacent to an activating group) is 1. The second-order valence-electron chi connectivity index (χ2n) is 4.81. The topological polar surface area (TPSA) is 38.5 Å². The van der Waals surface area contributed by atoms with Gasteiger partial charge in [0.15, 0.2) is 0 Å². The van der Waals surface area contributed by atoms with E-state index >= 15 is 0 Å². The molecule has 100 valence electrons. The van der Waals surface area contributed by atoms with Crippen LogP contribution >= 0.6 is 11.6 Å². The lowest BCUT2D eigenvalue weighted by atomic mass is 10.1. The van der Waals surface area contributed by atoms with Gasteiger partial charge in [0.05, 0.1) is 6.10 Å². The molecule has 18 heavy (non-hydrogen) atoms. The Kier molecular flexibility index (Phi) is 4.87. The highest BCUT2D eigenvalue weighted by Crippen LogP contribution is 2.21. The Labute approximate surface area is 114 Å². The molecule has 1 atom stereocenters. The fraction of sp³-hybridized carbons (Fsp3) is 0.571. The minimum atomic E-state index is 0.379. The van der Waals surface area contributed by atoms with Crippen LogP contribution in [0.5, 0.6) is 0 Å². The van der Waals surface area contributed by atoms with E-state index in [9.17, 15) is 0 Å². The Bertz CT molecular complexity index is 391. The zero-order valence-corrected chi connectivity index (χ0v) is 11.6. The maximum Gasteiger partial charge on any atom is 0.0702 e. The number of nitrogen functional groups attached to an aromatic ring is 1. The van der Waals surface area contributed by atoms with Crippen molar-refractivity contribution < 1.29 is 4.74 Å². The fourth-order valence-corrected chi connectivity index (χ4v) is 2.52. The summed E-state index contributed by atoms with van der Waals surface area (Å²) in [5.74, 6) is 0. The number of hydrogen-bond donors (Lipinski definition) is 1. The van der Waals surface area contributed by atoms with Gasteiger partial charge in [-0.05, 0) is 43.1 Å². The predicted octanol–water partition coefficient (Wildman–Crippen LogP) is 2.92. The largest absolute Gasteiger partial charge is 0.399 e. The van der Waals surface area contributed by atoms with E-state index in [0.29, 0.717) is 6.10 Å². The molecule has 0 amide bonds. The number of benzene rings is 1. The van der Waals surface area contributed by atoms with E-state index in [1.165, 1.54) is 12.8 Å². The molecule has 0 aromatic heterocycles. The smallest absolute Gasteiger partial charge is 0.0702 e. The summed E-state index contributed by atoms with van der Waals surface area (Å²) < 4.78 is 5.68. The number of anilines is 1. The molecule has 1 unspecified atom stereocenters. The Morgan fingerprint density at radius 2 is 2.33 bits per heavy atom. The van der Waals surface area contributed by atoms with Gasteiger partial charge in [0, 0.05) is 30.4 Å². The SMILES string of the molecule is CCN(Cc1cc(N)ccc1Cl)CC1CCCO1. The van der Waals surface area contributed by atoms with E-state index in [-0.39, 0.29) is 0 Å². The zero-order valence-electron chi connectivity index (χ0n) is 10.9. The number of ether oxygens (including phenoxy) is 1. The second-order valence-corrected chi connectivity index (χ2v) is 5.22. The molecule has 2 N–H and O–H groups in total. The van der Waals surface area contributed by atoms with Crippen molar-refractivity contribution in [3.05, 3.63) is 28.8 Å². The van der Waals surface area contributed by atoms with Crippen molar-refractivity contribution in [2.24, 2.45) is 0 Å². The lowest BCUT2D eigenvalue weighted by Gasteiger charge is -2.24. The highest BCUT2D eigenvalue weighted by molar-refractivity contribution is 6.31. The van der Waals surface area contributed by atoms with Crippen LogP contribution in [-0.2, 0) is 11.3 Å². The van der Waals surface area contributed by atoms with Crippen LogP contribution in [0.25, 0.3) is 0 Å². The molecule has 1 fully saturated rings. The molecule has 3 nitrogen and oxygen atoms in total. The average molecular weight is 269 g/mol. The van der Waals surface area contributed by atoms with E-state index in [1.54, 1.807) is 0 Å². The van der Waals surface area contributed by atoms with E-state index in [1.807, 2.05) is 18.2 Å². The lowest BCUT2D eigenvalue weighted by molar-refractivity contribution is 0.0725. The normalized spacial score (nSPS) is 19.6. The molecule has 1 saturated heterocycles. The van der Waals surface area contributed by atoms with Gasteiger partial charge in [-0.25, -0.2) is 0 Å². The number of hydrogen-bond acceptors (Lipinski definition) is 3. The Hall–Kier alpha value is -0.770. The van der Waals surface area contributed by atoms with Crippen molar-refractivity contribution in [2.45, 2.75) is 32.4 Å². The summed E-state index contributed by atoms with van der Waals surface area (Å²) in [5.41, 5.74) is 7.67. The van der Waals surface area contributed by atoms with E-state index in [4.69, 9.17) is 22.1 Å². The molecule has 0 spiro atoms. The van der Waals surface area contributed by atoms with Gasteiger partial charge >= 0.3 is 0 Å². The lowest BCUT2D eigenvalue weighted by Crippen LogP contribution is -2.31. The quantitative estimate of drug-likeness (QED) is 0.835. The highest BCUT2D eigenvalue weighted by Gasteiger charge is 2.19. The summed E-state index contributed by atoms with van der Waals surface area (Å²) in [6, 6.07) is 5.66. The molecule has 2 rings (SSSR count). The minimum Gasteiger partial charge on any atom is -0.399 e. The maximum atomic E-state index is 6.20. The summed E-state index contributed by atoms with van der Waals surface area (Å²) in [6.45, 7) is 5.86. The molecule has 1 aromatic rings. The highest BCUT2D eigenvalue weighted by atomic mass is 35.5. The first kappa shape index (κ1) is 13.7. The third-order valence-corrected chi connectivity index (χ3v) is 3.77. The van der Waals surface area contributed by atoms with Gasteiger partial charge in [-0.1, -0.05) is 18.5 Å². The molecular formula is C14H21ClN2O. The van der Waals surface area contributed by atoms with Crippen LogP contribution in [0.1, 0.15) is 25.3 Å². The third-order valence-electron chi connectivity index (χ3n) is 3.40. The Morgan fingerprint density at radius 3 is 3.00 bits per heavy atom. The standard InChI is InChI=1S/C14H21ClN2O/c1-2-17(10-13-4-3-7-18-13)9-11-8-12(16)5-6-14(11)15/h5-6,8,13H,2-4,7,9-10,16H2,1H3. The second kappa shape index (κ2) is 6.41. The summed E-state index contributed by atoms with van der Waals surface area (Å²) in [6.07, 6.45) is 2.73. The Balaban J connectivity index is 1.98. The molecular weight excluding hydrogens is 248 g/mol. The summed E-state index contributed by atoms with van der Waals surface area (Å²) in [7, 11) is 0. The monoisotopic (exact) mass is 268 g/mol. The maximum absolute atomic E-state index is 6.20. The van der Waals surface area contributed by atoms with Gasteiger partial charge < -0.3 is 10.5 Å². The van der Waals surface area contributed by atoms with Crippen molar-refractivity contribution in [3.63, 3.8) is 0 Å². The predicted molar refractivity (Wildman–Crippen MR) is 75.8 cm³/mol. The van der Waals surface area contributed by atoms with Gasteiger partial charge in [0.1, 0.15) is 0 Å². The van der Waals surface area contributed by atoms with E-state index < -0.39 is 0 Å². The van der Waals surface area contributed by atoms with Gasteiger partial charge in [-0.15, -0.1) is 0 Å². The van der Waals surface area contributed by atoms with Crippen LogP contribution in [0, 0.1) is 0 Å². The number of nitrogens with zero attached hydrogens (tertiary/aromatic N) is 1. The van der Waals surface area contributed by atoms with Crippen LogP contribution in [0.4, 0.5) is 5.69 Å². The molecule has 0 bridgehead atoms. The molecule has 1 aliphatic rings. The summed E-state index contributed by atoms with van der Waals surface area (Å²) >= 11 is 6.20. The first-order chi connectivity index (χ1) is 8.69. The average Bonchev–Trinajstić information content (AvgIpc) is 2.85. The molecule has 4 heteroatoms. The number of nitrogens with two attached hydrogens (primary N) is 1.